The number of hydrogen-bond acceptors (Lipinski definition) is 7. The number of fused-ring (bicyclic) bond motifs is 1. The van der Waals surface area contributed by atoms with Gasteiger partial charge in [-0.1, -0.05) is 36.5 Å². The summed E-state index contributed by atoms with van der Waals surface area (Å²) < 4.78 is 10.8. The van der Waals surface area contributed by atoms with Crippen molar-refractivity contribution in [2.24, 2.45) is 0 Å². The summed E-state index contributed by atoms with van der Waals surface area (Å²) in [6.45, 7) is 2.00. The van der Waals surface area contributed by atoms with Crippen LogP contribution in [0.25, 0.3) is 22.2 Å². The lowest BCUT2D eigenvalue weighted by molar-refractivity contribution is 0.102. The minimum absolute atomic E-state index is 0.263. The van der Waals surface area contributed by atoms with Gasteiger partial charge in [0.25, 0.3) is 5.91 Å². The quantitative estimate of drug-likeness (QED) is 0.491. The number of carbonyl (C=O) groups excluding carboxylic acids is 1. The van der Waals surface area contributed by atoms with Crippen molar-refractivity contribution in [3.8, 4) is 22.8 Å². The standard InChI is InChI=1S/C22H20N4O3S/c1-4-20-25-26-22(30-20)24-21(27)16-12-18(23-17-8-6-5-7-14(16)17)15-10-9-13(28-2)11-19(15)29-3/h5-12H,4H2,1-3H3,(H,24,26,27). The molecular formula is C22H20N4O3S. The second-order valence-electron chi connectivity index (χ2n) is 6.45. The Morgan fingerprint density at radius 1 is 1.07 bits per heavy atom. The van der Waals surface area contributed by atoms with Crippen LogP contribution < -0.4 is 14.8 Å². The molecule has 0 spiro atoms. The van der Waals surface area contributed by atoms with E-state index in [9.17, 15) is 4.79 Å². The van der Waals surface area contributed by atoms with Gasteiger partial charge in [0.05, 0.1) is 31.0 Å². The summed E-state index contributed by atoms with van der Waals surface area (Å²) in [5.74, 6) is 1.03. The van der Waals surface area contributed by atoms with E-state index < -0.39 is 0 Å². The normalized spacial score (nSPS) is 10.8. The van der Waals surface area contributed by atoms with E-state index in [0.717, 1.165) is 22.4 Å². The number of amides is 1. The average molecular weight is 420 g/mol. The number of carbonyl (C=O) groups is 1. The molecule has 1 N–H and O–H groups in total. The van der Waals surface area contributed by atoms with Crippen LogP contribution in [-0.4, -0.2) is 35.3 Å². The molecule has 0 unspecified atom stereocenters. The van der Waals surface area contributed by atoms with Gasteiger partial charge in [0.1, 0.15) is 16.5 Å². The molecule has 0 saturated carbocycles. The van der Waals surface area contributed by atoms with E-state index in [1.807, 2.05) is 43.3 Å². The Morgan fingerprint density at radius 2 is 1.90 bits per heavy atom. The molecule has 0 atom stereocenters. The molecule has 0 radical (unpaired) electrons. The van der Waals surface area contributed by atoms with Crippen molar-refractivity contribution in [3.05, 3.63) is 59.1 Å². The molecule has 0 aliphatic rings. The first-order valence-electron chi connectivity index (χ1n) is 9.38. The molecule has 2 heterocycles. The zero-order valence-corrected chi connectivity index (χ0v) is 17.6. The van der Waals surface area contributed by atoms with Gasteiger partial charge in [0.2, 0.25) is 5.13 Å². The lowest BCUT2D eigenvalue weighted by Crippen LogP contribution is -2.13. The second-order valence-corrected chi connectivity index (χ2v) is 7.51. The third-order valence-electron chi connectivity index (χ3n) is 4.64. The van der Waals surface area contributed by atoms with Gasteiger partial charge in [-0.05, 0) is 30.7 Å². The van der Waals surface area contributed by atoms with Gasteiger partial charge in [-0.3, -0.25) is 10.1 Å². The summed E-state index contributed by atoms with van der Waals surface area (Å²) in [5, 5.41) is 13.1. The lowest BCUT2D eigenvalue weighted by Gasteiger charge is -2.13. The van der Waals surface area contributed by atoms with E-state index in [0.29, 0.717) is 33.4 Å². The van der Waals surface area contributed by atoms with Gasteiger partial charge in [0.15, 0.2) is 0 Å². The minimum Gasteiger partial charge on any atom is -0.497 e. The molecule has 0 fully saturated rings. The van der Waals surface area contributed by atoms with Crippen LogP contribution in [0.2, 0.25) is 0 Å². The summed E-state index contributed by atoms with van der Waals surface area (Å²) in [7, 11) is 3.19. The molecule has 4 aromatic rings. The Morgan fingerprint density at radius 3 is 2.63 bits per heavy atom. The molecule has 8 heteroatoms. The van der Waals surface area contributed by atoms with Gasteiger partial charge in [-0.2, -0.15) is 0 Å². The minimum atomic E-state index is -0.263. The lowest BCUT2D eigenvalue weighted by atomic mass is 10.0. The van der Waals surface area contributed by atoms with Crippen molar-refractivity contribution < 1.29 is 14.3 Å². The topological polar surface area (TPSA) is 86.2 Å². The second kappa shape index (κ2) is 8.46. The number of para-hydroxylation sites is 1. The number of anilines is 1. The van der Waals surface area contributed by atoms with E-state index in [1.165, 1.54) is 11.3 Å². The van der Waals surface area contributed by atoms with Crippen molar-refractivity contribution in [1.82, 2.24) is 15.2 Å². The van der Waals surface area contributed by atoms with E-state index in [4.69, 9.17) is 14.5 Å². The highest BCUT2D eigenvalue weighted by Gasteiger charge is 2.17. The fourth-order valence-electron chi connectivity index (χ4n) is 3.12. The molecule has 0 saturated heterocycles. The molecule has 1 amide bonds. The number of nitrogens with one attached hydrogen (secondary N) is 1. The fraction of sp³-hybridized carbons (Fsp3) is 0.182. The number of pyridine rings is 1. The van der Waals surface area contributed by atoms with Gasteiger partial charge >= 0.3 is 0 Å². The third kappa shape index (κ3) is 3.81. The molecular weight excluding hydrogens is 400 g/mol. The zero-order valence-electron chi connectivity index (χ0n) is 16.8. The highest BCUT2D eigenvalue weighted by Crippen LogP contribution is 2.34. The highest BCUT2D eigenvalue weighted by atomic mass is 32.1. The Hall–Kier alpha value is -3.52. The Labute approximate surface area is 177 Å². The van der Waals surface area contributed by atoms with Gasteiger partial charge < -0.3 is 9.47 Å². The highest BCUT2D eigenvalue weighted by molar-refractivity contribution is 7.15. The predicted molar refractivity (Wildman–Crippen MR) is 118 cm³/mol. The monoisotopic (exact) mass is 420 g/mol. The maximum atomic E-state index is 13.1. The Bertz CT molecular complexity index is 1220. The molecule has 2 aromatic carbocycles. The summed E-state index contributed by atoms with van der Waals surface area (Å²) in [5.41, 5.74) is 2.61. The maximum Gasteiger partial charge on any atom is 0.258 e. The number of methoxy groups -OCH3 is 2. The number of ether oxygens (including phenoxy) is 2. The van der Waals surface area contributed by atoms with Crippen LogP contribution >= 0.6 is 11.3 Å². The molecule has 0 aliphatic heterocycles. The molecule has 0 bridgehead atoms. The first-order chi connectivity index (χ1) is 14.6. The van der Waals surface area contributed by atoms with Crippen LogP contribution in [0.3, 0.4) is 0 Å². The fourth-order valence-corrected chi connectivity index (χ4v) is 3.80. The number of aromatic nitrogens is 3. The largest absolute Gasteiger partial charge is 0.497 e. The van der Waals surface area contributed by atoms with E-state index in [1.54, 1.807) is 26.4 Å². The van der Waals surface area contributed by atoms with E-state index in [-0.39, 0.29) is 5.91 Å². The zero-order chi connectivity index (χ0) is 21.1. The molecule has 4 rings (SSSR count). The van der Waals surface area contributed by atoms with Crippen molar-refractivity contribution in [1.29, 1.82) is 0 Å². The average Bonchev–Trinajstić information content (AvgIpc) is 3.25. The van der Waals surface area contributed by atoms with Crippen LogP contribution in [0.15, 0.2) is 48.5 Å². The number of aryl methyl sites for hydroxylation is 1. The SMILES string of the molecule is CCc1nnc(NC(=O)c2cc(-c3ccc(OC)cc3OC)nc3ccccc23)s1. The van der Waals surface area contributed by atoms with Crippen LogP contribution in [0.5, 0.6) is 11.5 Å². The molecule has 152 valence electrons. The predicted octanol–water partition coefficient (Wildman–Crippen LogP) is 4.59. The van der Waals surface area contributed by atoms with Crippen LogP contribution in [0.4, 0.5) is 5.13 Å². The van der Waals surface area contributed by atoms with Crippen molar-refractivity contribution in [3.63, 3.8) is 0 Å². The Kier molecular flexibility index (Phi) is 5.58. The summed E-state index contributed by atoms with van der Waals surface area (Å²) >= 11 is 1.37. The number of hydrogen-bond donors (Lipinski definition) is 1. The van der Waals surface area contributed by atoms with Crippen LogP contribution in [-0.2, 0) is 6.42 Å². The molecule has 2 aromatic heterocycles. The van der Waals surface area contributed by atoms with Crippen LogP contribution in [0.1, 0.15) is 22.3 Å². The third-order valence-corrected chi connectivity index (χ3v) is 5.62. The van der Waals surface area contributed by atoms with Crippen molar-refractivity contribution >= 4 is 33.3 Å². The summed E-state index contributed by atoms with van der Waals surface area (Å²) in [6.07, 6.45) is 0.771. The van der Waals surface area contributed by atoms with Gasteiger partial charge in [-0.15, -0.1) is 10.2 Å². The molecule has 0 aliphatic carbocycles. The van der Waals surface area contributed by atoms with Gasteiger partial charge in [0, 0.05) is 17.0 Å². The number of nitrogens with zero attached hydrogens (tertiary/aromatic N) is 3. The number of benzene rings is 2. The van der Waals surface area contributed by atoms with Gasteiger partial charge in [-0.25, -0.2) is 4.98 Å². The Balaban J connectivity index is 1.81. The summed E-state index contributed by atoms with van der Waals surface area (Å²) in [6, 6.07) is 14.8. The van der Waals surface area contributed by atoms with E-state index >= 15 is 0 Å². The molecule has 30 heavy (non-hydrogen) atoms. The smallest absolute Gasteiger partial charge is 0.258 e. The van der Waals surface area contributed by atoms with Crippen molar-refractivity contribution in [2.75, 3.05) is 19.5 Å². The molecule has 7 nitrogen and oxygen atoms in total. The van der Waals surface area contributed by atoms with Crippen LogP contribution in [0, 0.1) is 0 Å². The first-order valence-corrected chi connectivity index (χ1v) is 10.2. The van der Waals surface area contributed by atoms with Crippen molar-refractivity contribution in [2.45, 2.75) is 13.3 Å². The summed E-state index contributed by atoms with van der Waals surface area (Å²) in [4.78, 5) is 17.9. The first kappa shape index (κ1) is 19.8. The maximum absolute atomic E-state index is 13.1. The van der Waals surface area contributed by atoms with E-state index in [2.05, 4.69) is 15.5 Å². The number of rotatable bonds is 6.